The zero-order valence-electron chi connectivity index (χ0n) is 14.6. The van der Waals surface area contributed by atoms with E-state index in [-0.39, 0.29) is 12.0 Å². The minimum Gasteiger partial charge on any atom is -0.444 e. The molecule has 1 atom stereocenters. The maximum Gasteiger partial charge on any atom is 0.410 e. The summed E-state index contributed by atoms with van der Waals surface area (Å²) in [5, 5.41) is 0. The molecule has 1 fully saturated rings. The molecule has 0 spiro atoms. The Morgan fingerprint density at radius 1 is 1.30 bits per heavy atom. The number of hydrogen-bond donors (Lipinski definition) is 1. The number of ether oxygens (including phenoxy) is 1. The van der Waals surface area contributed by atoms with E-state index in [4.69, 9.17) is 9.72 Å². The second kappa shape index (κ2) is 5.55. The summed E-state index contributed by atoms with van der Waals surface area (Å²) in [5.74, 6) is 1.21. The number of fused-ring (bicyclic) bond motifs is 1. The summed E-state index contributed by atoms with van der Waals surface area (Å²) in [6.45, 7) is 11.3. The molecule has 1 aromatic carbocycles. The van der Waals surface area contributed by atoms with Crippen LogP contribution in [0.5, 0.6) is 0 Å². The summed E-state index contributed by atoms with van der Waals surface area (Å²) in [4.78, 5) is 22.1. The second-order valence-electron chi connectivity index (χ2n) is 7.49. The van der Waals surface area contributed by atoms with Crippen LogP contribution in [-0.4, -0.2) is 39.7 Å². The number of aromatic nitrogens is 2. The zero-order chi connectivity index (χ0) is 16.8. The van der Waals surface area contributed by atoms with Crippen LogP contribution in [0.2, 0.25) is 0 Å². The summed E-state index contributed by atoms with van der Waals surface area (Å²) >= 11 is 0. The summed E-state index contributed by atoms with van der Waals surface area (Å²) in [6, 6.07) is 4.26. The van der Waals surface area contributed by atoms with Crippen molar-refractivity contribution in [2.75, 3.05) is 13.1 Å². The Hall–Kier alpha value is -2.04. The lowest BCUT2D eigenvalue weighted by atomic mass is 10.1. The van der Waals surface area contributed by atoms with E-state index < -0.39 is 5.60 Å². The number of H-pyrrole nitrogens is 1. The number of rotatable bonds is 1. The van der Waals surface area contributed by atoms with Crippen molar-refractivity contribution >= 4 is 17.1 Å². The molecule has 1 aliphatic rings. The maximum absolute atomic E-state index is 12.2. The fraction of sp³-hybridized carbons (Fsp3) is 0.556. The number of benzene rings is 1. The molecule has 3 rings (SSSR count). The number of aromatic amines is 1. The molecule has 2 aromatic rings. The van der Waals surface area contributed by atoms with Crippen LogP contribution in [-0.2, 0) is 4.74 Å². The van der Waals surface area contributed by atoms with E-state index in [2.05, 4.69) is 31.0 Å². The van der Waals surface area contributed by atoms with Crippen molar-refractivity contribution in [1.29, 1.82) is 0 Å². The van der Waals surface area contributed by atoms with Gasteiger partial charge in [0.25, 0.3) is 0 Å². The van der Waals surface area contributed by atoms with Gasteiger partial charge in [-0.05, 0) is 64.3 Å². The molecule has 0 radical (unpaired) electrons. The van der Waals surface area contributed by atoms with Crippen LogP contribution in [0.15, 0.2) is 12.1 Å². The molecule has 2 heterocycles. The topological polar surface area (TPSA) is 58.2 Å². The number of nitrogens with one attached hydrogen (secondary N) is 1. The third kappa shape index (κ3) is 3.33. The van der Waals surface area contributed by atoms with Crippen molar-refractivity contribution in [1.82, 2.24) is 14.9 Å². The van der Waals surface area contributed by atoms with Crippen molar-refractivity contribution in [2.24, 2.45) is 0 Å². The van der Waals surface area contributed by atoms with Crippen LogP contribution in [0.1, 0.15) is 50.1 Å². The first kappa shape index (κ1) is 15.8. The van der Waals surface area contributed by atoms with Gasteiger partial charge in [0.1, 0.15) is 11.4 Å². The van der Waals surface area contributed by atoms with Gasteiger partial charge in [-0.25, -0.2) is 9.78 Å². The number of likely N-dealkylation sites (tertiary alicyclic amines) is 1. The first-order chi connectivity index (χ1) is 10.7. The fourth-order valence-electron chi connectivity index (χ4n) is 2.96. The molecule has 1 unspecified atom stereocenters. The molecule has 0 aliphatic carbocycles. The molecule has 1 N–H and O–H groups in total. The van der Waals surface area contributed by atoms with E-state index in [1.807, 2.05) is 20.8 Å². The largest absolute Gasteiger partial charge is 0.444 e. The zero-order valence-corrected chi connectivity index (χ0v) is 14.6. The molecule has 1 amide bonds. The molecule has 0 saturated carbocycles. The van der Waals surface area contributed by atoms with Gasteiger partial charge in [0.15, 0.2) is 0 Å². The standard InChI is InChI=1S/C18H25N3O2/c1-11-8-14-15(9-12(11)2)20-16(19-14)13-6-7-21(10-13)17(22)23-18(3,4)5/h8-9,13H,6-7,10H2,1-5H3,(H,19,20). The van der Waals surface area contributed by atoms with E-state index >= 15 is 0 Å². The van der Waals surface area contributed by atoms with Crippen molar-refractivity contribution in [3.8, 4) is 0 Å². The Bertz CT molecular complexity index is 704. The lowest BCUT2D eigenvalue weighted by molar-refractivity contribution is 0.0292. The van der Waals surface area contributed by atoms with E-state index in [9.17, 15) is 4.79 Å². The number of aryl methyl sites for hydroxylation is 2. The first-order valence-electron chi connectivity index (χ1n) is 8.18. The van der Waals surface area contributed by atoms with Crippen molar-refractivity contribution in [3.63, 3.8) is 0 Å². The smallest absolute Gasteiger partial charge is 0.410 e. The van der Waals surface area contributed by atoms with Gasteiger partial charge in [-0.15, -0.1) is 0 Å². The second-order valence-corrected chi connectivity index (χ2v) is 7.49. The average Bonchev–Trinajstić information content (AvgIpc) is 3.03. The van der Waals surface area contributed by atoms with Gasteiger partial charge >= 0.3 is 6.09 Å². The summed E-state index contributed by atoms with van der Waals surface area (Å²) < 4.78 is 5.45. The van der Waals surface area contributed by atoms with Gasteiger partial charge in [-0.1, -0.05) is 0 Å². The highest BCUT2D eigenvalue weighted by molar-refractivity contribution is 5.77. The van der Waals surface area contributed by atoms with E-state index in [1.165, 1.54) is 11.1 Å². The van der Waals surface area contributed by atoms with Crippen LogP contribution in [0, 0.1) is 13.8 Å². The van der Waals surface area contributed by atoms with Gasteiger partial charge in [0.2, 0.25) is 0 Å². The highest BCUT2D eigenvalue weighted by Crippen LogP contribution is 2.28. The molecule has 23 heavy (non-hydrogen) atoms. The minimum absolute atomic E-state index is 0.234. The number of nitrogens with zero attached hydrogens (tertiary/aromatic N) is 2. The Kier molecular flexibility index (Phi) is 3.82. The van der Waals surface area contributed by atoms with Crippen LogP contribution in [0.3, 0.4) is 0 Å². The normalized spacial score (nSPS) is 18.7. The molecule has 1 saturated heterocycles. The quantitative estimate of drug-likeness (QED) is 0.868. The Balaban J connectivity index is 1.75. The molecule has 0 bridgehead atoms. The Labute approximate surface area is 137 Å². The molecular formula is C18H25N3O2. The van der Waals surface area contributed by atoms with Crippen LogP contribution in [0.4, 0.5) is 4.79 Å². The van der Waals surface area contributed by atoms with Crippen molar-refractivity contribution < 1.29 is 9.53 Å². The number of hydrogen-bond acceptors (Lipinski definition) is 3. The SMILES string of the molecule is Cc1cc2nc(C3CCN(C(=O)OC(C)(C)C)C3)[nH]c2cc1C. The predicted molar refractivity (Wildman–Crippen MR) is 90.7 cm³/mol. The van der Waals surface area contributed by atoms with Crippen LogP contribution in [0.25, 0.3) is 11.0 Å². The molecule has 1 aliphatic heterocycles. The number of amides is 1. The van der Waals surface area contributed by atoms with Gasteiger partial charge in [-0.2, -0.15) is 0 Å². The predicted octanol–water partition coefficient (Wildman–Crippen LogP) is 3.90. The van der Waals surface area contributed by atoms with Crippen molar-refractivity contribution in [2.45, 2.75) is 52.6 Å². The third-order valence-corrected chi connectivity index (χ3v) is 4.34. The first-order valence-corrected chi connectivity index (χ1v) is 8.18. The van der Waals surface area contributed by atoms with Gasteiger partial charge in [0.05, 0.1) is 11.0 Å². The molecule has 1 aromatic heterocycles. The monoisotopic (exact) mass is 315 g/mol. The fourth-order valence-corrected chi connectivity index (χ4v) is 2.96. The highest BCUT2D eigenvalue weighted by atomic mass is 16.6. The summed E-state index contributed by atoms with van der Waals surface area (Å²) in [7, 11) is 0. The van der Waals surface area contributed by atoms with Crippen LogP contribution < -0.4 is 0 Å². The molecule has 124 valence electrons. The molecule has 5 heteroatoms. The lowest BCUT2D eigenvalue weighted by Crippen LogP contribution is -2.35. The average molecular weight is 315 g/mol. The van der Waals surface area contributed by atoms with E-state index in [0.29, 0.717) is 13.1 Å². The van der Waals surface area contributed by atoms with Gasteiger partial charge in [0, 0.05) is 19.0 Å². The van der Waals surface area contributed by atoms with Crippen LogP contribution >= 0.6 is 0 Å². The molecular weight excluding hydrogens is 290 g/mol. The Morgan fingerprint density at radius 3 is 2.70 bits per heavy atom. The minimum atomic E-state index is -0.455. The highest BCUT2D eigenvalue weighted by Gasteiger charge is 2.32. The third-order valence-electron chi connectivity index (χ3n) is 4.34. The Morgan fingerprint density at radius 2 is 2.00 bits per heavy atom. The lowest BCUT2D eigenvalue weighted by Gasteiger charge is -2.24. The van der Waals surface area contributed by atoms with Gasteiger partial charge < -0.3 is 14.6 Å². The number of carbonyl (C=O) groups is 1. The number of carbonyl (C=O) groups excluding carboxylic acids is 1. The maximum atomic E-state index is 12.2. The molecule has 5 nitrogen and oxygen atoms in total. The van der Waals surface area contributed by atoms with Crippen molar-refractivity contribution in [3.05, 3.63) is 29.1 Å². The summed E-state index contributed by atoms with van der Waals surface area (Å²) in [6.07, 6.45) is 0.680. The number of imidazole rings is 1. The van der Waals surface area contributed by atoms with Gasteiger partial charge in [-0.3, -0.25) is 0 Å². The van der Waals surface area contributed by atoms with E-state index in [1.54, 1.807) is 4.90 Å². The van der Waals surface area contributed by atoms with E-state index in [0.717, 1.165) is 23.3 Å². The summed E-state index contributed by atoms with van der Waals surface area (Å²) in [5.41, 5.74) is 4.12.